The van der Waals surface area contributed by atoms with Gasteiger partial charge in [0, 0.05) is 18.0 Å². The van der Waals surface area contributed by atoms with Crippen molar-refractivity contribution in [3.63, 3.8) is 0 Å². The minimum Gasteiger partial charge on any atom is -0.367 e. The molecule has 2 aliphatic rings. The summed E-state index contributed by atoms with van der Waals surface area (Å²) in [5.74, 6) is -1.10. The summed E-state index contributed by atoms with van der Waals surface area (Å²) < 4.78 is 5.60. The number of ketones is 1. The summed E-state index contributed by atoms with van der Waals surface area (Å²) in [6.45, 7) is 6.56. The van der Waals surface area contributed by atoms with E-state index in [9.17, 15) is 14.4 Å². The van der Waals surface area contributed by atoms with Crippen molar-refractivity contribution in [2.75, 3.05) is 13.2 Å². The molecule has 2 N–H and O–H groups in total. The molecular formula is C20H26N2O4. The maximum atomic E-state index is 13.5. The van der Waals surface area contributed by atoms with Crippen molar-refractivity contribution in [3.8, 4) is 0 Å². The summed E-state index contributed by atoms with van der Waals surface area (Å²) >= 11 is 0. The second kappa shape index (κ2) is 7.19. The van der Waals surface area contributed by atoms with Crippen LogP contribution in [0.25, 0.3) is 0 Å². The van der Waals surface area contributed by atoms with Gasteiger partial charge in [0.2, 0.25) is 11.8 Å². The van der Waals surface area contributed by atoms with Crippen molar-refractivity contribution >= 4 is 17.6 Å². The summed E-state index contributed by atoms with van der Waals surface area (Å²) in [4.78, 5) is 39.4. The van der Waals surface area contributed by atoms with Crippen LogP contribution in [-0.2, 0) is 14.3 Å². The molecule has 2 fully saturated rings. The Hall–Kier alpha value is -2.21. The molecule has 6 nitrogen and oxygen atoms in total. The third kappa shape index (κ3) is 3.03. The molecule has 0 radical (unpaired) electrons. The molecule has 26 heavy (non-hydrogen) atoms. The Morgan fingerprint density at radius 2 is 2.04 bits per heavy atom. The Balaban J connectivity index is 2.00. The highest BCUT2D eigenvalue weighted by molar-refractivity contribution is 5.98. The van der Waals surface area contributed by atoms with Crippen LogP contribution in [-0.4, -0.2) is 47.8 Å². The number of nitrogens with two attached hydrogens (primary N) is 1. The van der Waals surface area contributed by atoms with Crippen molar-refractivity contribution in [3.05, 3.63) is 35.4 Å². The number of amides is 2. The summed E-state index contributed by atoms with van der Waals surface area (Å²) in [5.41, 5.74) is 6.54. The molecule has 140 valence electrons. The van der Waals surface area contributed by atoms with E-state index in [0.717, 1.165) is 6.42 Å². The molecule has 5 atom stereocenters. The van der Waals surface area contributed by atoms with Crippen molar-refractivity contribution in [1.82, 2.24) is 4.90 Å². The second-order valence-corrected chi connectivity index (χ2v) is 7.47. The fraction of sp³-hybridized carbons (Fsp3) is 0.550. The van der Waals surface area contributed by atoms with E-state index in [2.05, 4.69) is 0 Å². The number of nitrogens with zero attached hydrogens (tertiary/aromatic N) is 1. The lowest BCUT2D eigenvalue weighted by atomic mass is 9.81. The molecule has 0 bridgehead atoms. The Bertz CT molecular complexity index is 732. The Labute approximate surface area is 153 Å². The minimum atomic E-state index is -0.547. The van der Waals surface area contributed by atoms with Crippen LogP contribution in [0.2, 0.25) is 0 Å². The van der Waals surface area contributed by atoms with E-state index in [-0.39, 0.29) is 36.2 Å². The van der Waals surface area contributed by atoms with Crippen LogP contribution in [0.3, 0.4) is 0 Å². The average Bonchev–Trinajstić information content (AvgIpc) is 3.16. The van der Waals surface area contributed by atoms with Gasteiger partial charge in [0.1, 0.15) is 12.6 Å². The van der Waals surface area contributed by atoms with Crippen molar-refractivity contribution in [2.45, 2.75) is 45.3 Å². The zero-order valence-corrected chi connectivity index (χ0v) is 15.5. The molecule has 2 saturated heterocycles. The number of Topliss-reactive ketones (excluding diaryl/α,β-unsaturated/α-hetero) is 1. The highest BCUT2D eigenvalue weighted by Gasteiger charge is 2.52. The van der Waals surface area contributed by atoms with Crippen molar-refractivity contribution in [1.29, 1.82) is 0 Å². The van der Waals surface area contributed by atoms with Crippen molar-refractivity contribution < 1.29 is 19.1 Å². The van der Waals surface area contributed by atoms with E-state index >= 15 is 0 Å². The van der Waals surface area contributed by atoms with Crippen molar-refractivity contribution in [2.24, 2.45) is 17.6 Å². The van der Waals surface area contributed by atoms with E-state index in [4.69, 9.17) is 10.5 Å². The molecule has 3 rings (SSSR count). The van der Waals surface area contributed by atoms with Crippen LogP contribution >= 0.6 is 0 Å². The summed E-state index contributed by atoms with van der Waals surface area (Å²) in [6.07, 6.45) is 0.543. The monoisotopic (exact) mass is 358 g/mol. The van der Waals surface area contributed by atoms with Crippen LogP contribution < -0.4 is 5.73 Å². The molecule has 0 aromatic heterocycles. The number of hydrogen-bond donors (Lipinski definition) is 1. The normalized spacial score (nSPS) is 27.3. The maximum Gasteiger partial charge on any atom is 0.249 e. The molecule has 0 aliphatic carbocycles. The number of likely N-dealkylation sites (tertiary alicyclic amines) is 1. The van der Waals surface area contributed by atoms with Gasteiger partial charge in [-0.2, -0.15) is 0 Å². The second-order valence-electron chi connectivity index (χ2n) is 7.47. The van der Waals surface area contributed by atoms with Crippen LogP contribution in [0, 0.1) is 11.8 Å². The largest absolute Gasteiger partial charge is 0.367 e. The Morgan fingerprint density at radius 1 is 1.35 bits per heavy atom. The van der Waals surface area contributed by atoms with E-state index in [1.165, 1.54) is 0 Å². The predicted octanol–water partition coefficient (Wildman–Crippen LogP) is 1.73. The SMILES string of the molecule is CC[C@H](C)[C@H](C(=O)N1C[C@H](C)[C@H]2OCC(=O)[C@H]21)c1ccccc1C(N)=O. The highest BCUT2D eigenvalue weighted by atomic mass is 16.5. The fourth-order valence-corrected chi connectivity index (χ4v) is 4.21. The van der Waals surface area contributed by atoms with Gasteiger partial charge in [-0.3, -0.25) is 14.4 Å². The van der Waals surface area contributed by atoms with Gasteiger partial charge >= 0.3 is 0 Å². The molecular weight excluding hydrogens is 332 g/mol. The first-order chi connectivity index (χ1) is 12.4. The van der Waals surface area contributed by atoms with Gasteiger partial charge in [-0.15, -0.1) is 0 Å². The molecule has 0 spiro atoms. The van der Waals surface area contributed by atoms with Gasteiger partial charge in [-0.25, -0.2) is 0 Å². The summed E-state index contributed by atoms with van der Waals surface area (Å²) in [7, 11) is 0. The zero-order chi connectivity index (χ0) is 19.0. The van der Waals surface area contributed by atoms with E-state index in [0.29, 0.717) is 17.7 Å². The predicted molar refractivity (Wildman–Crippen MR) is 96.6 cm³/mol. The minimum absolute atomic E-state index is 0.00906. The first kappa shape index (κ1) is 18.6. The number of hydrogen-bond acceptors (Lipinski definition) is 4. The number of carbonyl (C=O) groups excluding carboxylic acids is 3. The lowest BCUT2D eigenvalue weighted by Crippen LogP contribution is -2.45. The number of carbonyl (C=O) groups is 3. The van der Waals surface area contributed by atoms with Crippen LogP contribution in [0.1, 0.15) is 49.0 Å². The molecule has 1 aromatic carbocycles. The van der Waals surface area contributed by atoms with Crippen LogP contribution in [0.4, 0.5) is 0 Å². The molecule has 2 aliphatic heterocycles. The van der Waals surface area contributed by atoms with Gasteiger partial charge < -0.3 is 15.4 Å². The van der Waals surface area contributed by atoms with E-state index in [1.807, 2.05) is 26.8 Å². The summed E-state index contributed by atoms with van der Waals surface area (Å²) in [6, 6.07) is 6.48. The topological polar surface area (TPSA) is 89.7 Å². The number of rotatable bonds is 5. The zero-order valence-electron chi connectivity index (χ0n) is 15.5. The molecule has 0 unspecified atom stereocenters. The Morgan fingerprint density at radius 3 is 2.69 bits per heavy atom. The molecule has 6 heteroatoms. The third-order valence-corrected chi connectivity index (χ3v) is 5.76. The summed E-state index contributed by atoms with van der Waals surface area (Å²) in [5, 5.41) is 0. The van der Waals surface area contributed by atoms with Gasteiger partial charge in [-0.1, -0.05) is 45.4 Å². The van der Waals surface area contributed by atoms with E-state index < -0.39 is 17.9 Å². The van der Waals surface area contributed by atoms with Crippen LogP contribution in [0.5, 0.6) is 0 Å². The number of primary amides is 1. The maximum absolute atomic E-state index is 13.5. The molecule has 2 amide bonds. The highest BCUT2D eigenvalue weighted by Crippen LogP contribution is 2.37. The number of benzene rings is 1. The number of fused-ring (bicyclic) bond motifs is 1. The quantitative estimate of drug-likeness (QED) is 0.868. The molecule has 2 heterocycles. The first-order valence-corrected chi connectivity index (χ1v) is 9.20. The third-order valence-electron chi connectivity index (χ3n) is 5.76. The van der Waals surface area contributed by atoms with E-state index in [1.54, 1.807) is 23.1 Å². The lowest BCUT2D eigenvalue weighted by Gasteiger charge is -2.31. The lowest BCUT2D eigenvalue weighted by molar-refractivity contribution is -0.138. The van der Waals surface area contributed by atoms with Gasteiger partial charge in [-0.05, 0) is 17.5 Å². The fourth-order valence-electron chi connectivity index (χ4n) is 4.21. The molecule has 1 aromatic rings. The smallest absolute Gasteiger partial charge is 0.249 e. The first-order valence-electron chi connectivity index (χ1n) is 9.20. The Kier molecular flexibility index (Phi) is 5.14. The van der Waals surface area contributed by atoms with Gasteiger partial charge in [0.05, 0.1) is 12.0 Å². The standard InChI is InChI=1S/C20H26N2O4/c1-4-11(2)16(13-7-5-6-8-14(13)19(21)24)20(25)22-9-12(3)18-17(22)15(23)10-26-18/h5-8,11-12,16-18H,4,9-10H2,1-3H3,(H2,21,24)/t11-,12-,16-,17+,18+/m0/s1. The molecule has 0 saturated carbocycles. The average molecular weight is 358 g/mol. The van der Waals surface area contributed by atoms with Gasteiger partial charge in [0.25, 0.3) is 0 Å². The van der Waals surface area contributed by atoms with Gasteiger partial charge in [0.15, 0.2) is 5.78 Å². The number of ether oxygens (including phenoxy) is 1. The van der Waals surface area contributed by atoms with Crippen LogP contribution in [0.15, 0.2) is 24.3 Å².